The van der Waals surface area contributed by atoms with Crippen LogP contribution in [0.5, 0.6) is 0 Å². The van der Waals surface area contributed by atoms with E-state index in [-0.39, 0.29) is 24.0 Å². The van der Waals surface area contributed by atoms with Crippen molar-refractivity contribution in [1.29, 1.82) is 0 Å². The van der Waals surface area contributed by atoms with Crippen LogP contribution in [0.15, 0.2) is 30.3 Å². The lowest BCUT2D eigenvalue weighted by molar-refractivity contribution is -0.134. The Morgan fingerprint density at radius 1 is 1.42 bits per heavy atom. The molecular formula is C19H26N4O2S. The van der Waals surface area contributed by atoms with Crippen LogP contribution >= 0.6 is 12.2 Å². The van der Waals surface area contributed by atoms with E-state index in [1.807, 2.05) is 34.9 Å². The van der Waals surface area contributed by atoms with Crippen LogP contribution in [-0.2, 0) is 16.0 Å². The Bertz CT molecular complexity index is 784. The van der Waals surface area contributed by atoms with Crippen LogP contribution in [-0.4, -0.2) is 33.8 Å². The van der Waals surface area contributed by atoms with Crippen molar-refractivity contribution in [3.63, 3.8) is 0 Å². The Hall–Kier alpha value is -1.99. The van der Waals surface area contributed by atoms with Crippen LogP contribution < -0.4 is 5.32 Å². The van der Waals surface area contributed by atoms with Crippen LogP contribution in [0.1, 0.15) is 50.2 Å². The first kappa shape index (κ1) is 18.8. The average Bonchev–Trinajstić information content (AvgIpc) is 3.03. The first-order valence-corrected chi connectivity index (χ1v) is 9.58. The monoisotopic (exact) mass is 374 g/mol. The summed E-state index contributed by atoms with van der Waals surface area (Å²) in [6.45, 7) is 5.37. The van der Waals surface area contributed by atoms with Crippen LogP contribution in [0.25, 0.3) is 0 Å². The van der Waals surface area contributed by atoms with Gasteiger partial charge in [0.05, 0.1) is 12.0 Å². The van der Waals surface area contributed by atoms with E-state index in [2.05, 4.69) is 29.4 Å². The predicted molar refractivity (Wildman–Crippen MR) is 102 cm³/mol. The Labute approximate surface area is 159 Å². The molecule has 0 saturated carbocycles. The molecular weight excluding hydrogens is 348 g/mol. The molecule has 1 aliphatic heterocycles. The van der Waals surface area contributed by atoms with Gasteiger partial charge in [0, 0.05) is 25.6 Å². The summed E-state index contributed by atoms with van der Waals surface area (Å²) in [5.74, 6) is 0.755. The lowest BCUT2D eigenvalue weighted by atomic mass is 9.89. The van der Waals surface area contributed by atoms with Crippen LogP contribution in [0, 0.1) is 10.7 Å². The van der Waals surface area contributed by atoms with Gasteiger partial charge in [-0.1, -0.05) is 30.3 Å². The fourth-order valence-electron chi connectivity index (χ4n) is 3.50. The first-order valence-electron chi connectivity index (χ1n) is 9.18. The second-order valence-electron chi connectivity index (χ2n) is 6.90. The van der Waals surface area contributed by atoms with Gasteiger partial charge in [0.25, 0.3) is 0 Å². The molecule has 7 heteroatoms. The highest BCUT2D eigenvalue weighted by Gasteiger charge is 2.32. The summed E-state index contributed by atoms with van der Waals surface area (Å²) >= 11 is 5.26. The fraction of sp³-hybridized carbons (Fsp3) is 0.526. The normalized spacial score (nSPS) is 20.3. The van der Waals surface area contributed by atoms with E-state index < -0.39 is 0 Å². The van der Waals surface area contributed by atoms with Gasteiger partial charge in [-0.15, -0.1) is 0 Å². The minimum Gasteiger partial charge on any atom is -0.373 e. The maximum atomic E-state index is 12.7. The second kappa shape index (κ2) is 8.60. The van der Waals surface area contributed by atoms with Gasteiger partial charge >= 0.3 is 0 Å². The molecule has 6 nitrogen and oxygen atoms in total. The molecule has 0 bridgehead atoms. The predicted octanol–water partition coefficient (Wildman–Crippen LogP) is 3.35. The number of nitrogens with zero attached hydrogens (tertiary/aromatic N) is 2. The van der Waals surface area contributed by atoms with Crippen molar-refractivity contribution in [2.45, 2.75) is 45.3 Å². The van der Waals surface area contributed by atoms with Gasteiger partial charge in [0.2, 0.25) is 5.91 Å². The third-order valence-corrected chi connectivity index (χ3v) is 5.02. The molecule has 2 heterocycles. The van der Waals surface area contributed by atoms with Crippen molar-refractivity contribution in [3.05, 3.63) is 46.5 Å². The molecule has 2 N–H and O–H groups in total. The van der Waals surface area contributed by atoms with Crippen molar-refractivity contribution < 1.29 is 9.53 Å². The molecule has 1 saturated heterocycles. The van der Waals surface area contributed by atoms with E-state index >= 15 is 0 Å². The van der Waals surface area contributed by atoms with Gasteiger partial charge in [-0.25, -0.2) is 0 Å². The number of H-pyrrole nitrogens is 1. The Balaban J connectivity index is 1.61. The van der Waals surface area contributed by atoms with Crippen LogP contribution in [0.4, 0.5) is 0 Å². The maximum Gasteiger partial charge on any atom is 0.226 e. The third kappa shape index (κ3) is 4.22. The lowest BCUT2D eigenvalue weighted by Crippen LogP contribution is -2.38. The fourth-order valence-corrected chi connectivity index (χ4v) is 3.86. The average molecular weight is 375 g/mol. The standard InChI is InChI=1S/C19H26N4O2S/c1-13(2)23-16(21-22-19(23)26)10-11-20-18(24)15-9-6-12-25-17(15)14-7-4-3-5-8-14/h3-5,7-8,13,15,17H,6,9-12H2,1-2H3,(H,20,24)(H,22,26)/t15-,17-/m1/s1. The van der Waals surface area contributed by atoms with Crippen molar-refractivity contribution in [3.8, 4) is 0 Å². The SMILES string of the molecule is CC(C)n1c(CCNC(=O)[C@@H]2CCCO[C@@H]2c2ccccc2)n[nH]c1=S. The number of nitrogens with one attached hydrogen (secondary N) is 2. The number of carbonyl (C=O) groups is 1. The number of aromatic nitrogens is 3. The molecule has 1 amide bonds. The number of hydrogen-bond donors (Lipinski definition) is 2. The summed E-state index contributed by atoms with van der Waals surface area (Å²) in [7, 11) is 0. The molecule has 1 aliphatic rings. The van der Waals surface area contributed by atoms with Gasteiger partial charge in [0.15, 0.2) is 4.77 Å². The summed E-state index contributed by atoms with van der Waals surface area (Å²) < 4.78 is 8.52. The summed E-state index contributed by atoms with van der Waals surface area (Å²) in [5.41, 5.74) is 1.06. The van der Waals surface area contributed by atoms with E-state index in [4.69, 9.17) is 17.0 Å². The molecule has 140 valence electrons. The van der Waals surface area contributed by atoms with Gasteiger partial charge in [-0.3, -0.25) is 9.89 Å². The number of amides is 1. The smallest absolute Gasteiger partial charge is 0.226 e. The topological polar surface area (TPSA) is 71.9 Å². The van der Waals surface area contributed by atoms with Gasteiger partial charge in [-0.05, 0) is 44.5 Å². The van der Waals surface area contributed by atoms with E-state index in [0.29, 0.717) is 24.3 Å². The zero-order valence-corrected chi connectivity index (χ0v) is 16.1. The second-order valence-corrected chi connectivity index (χ2v) is 7.29. The Morgan fingerprint density at radius 3 is 2.92 bits per heavy atom. The zero-order valence-electron chi connectivity index (χ0n) is 15.3. The zero-order chi connectivity index (χ0) is 18.5. The van der Waals surface area contributed by atoms with E-state index in [9.17, 15) is 4.79 Å². The minimum absolute atomic E-state index is 0.0452. The number of benzene rings is 1. The van der Waals surface area contributed by atoms with Crippen molar-refractivity contribution in [2.75, 3.05) is 13.2 Å². The molecule has 1 aromatic heterocycles. The number of carbonyl (C=O) groups excluding carboxylic acids is 1. The van der Waals surface area contributed by atoms with E-state index in [1.54, 1.807) is 0 Å². The molecule has 2 atom stereocenters. The molecule has 0 radical (unpaired) electrons. The summed E-state index contributed by atoms with van der Waals surface area (Å²) in [6.07, 6.45) is 2.22. The Kier molecular flexibility index (Phi) is 6.21. The Morgan fingerprint density at radius 2 is 2.19 bits per heavy atom. The molecule has 3 rings (SSSR count). The summed E-state index contributed by atoms with van der Waals surface area (Å²) in [5, 5.41) is 10.2. The molecule has 2 aromatic rings. The van der Waals surface area contributed by atoms with Gasteiger partial charge in [0.1, 0.15) is 5.82 Å². The quantitative estimate of drug-likeness (QED) is 0.761. The molecule has 0 spiro atoms. The molecule has 0 aliphatic carbocycles. The molecule has 0 unspecified atom stereocenters. The maximum absolute atomic E-state index is 12.7. The number of aromatic amines is 1. The third-order valence-electron chi connectivity index (χ3n) is 4.73. The number of hydrogen-bond acceptors (Lipinski definition) is 4. The van der Waals surface area contributed by atoms with E-state index in [0.717, 1.165) is 24.2 Å². The molecule has 26 heavy (non-hydrogen) atoms. The highest BCUT2D eigenvalue weighted by Crippen LogP contribution is 2.33. The molecule has 1 aromatic carbocycles. The lowest BCUT2D eigenvalue weighted by Gasteiger charge is -2.31. The van der Waals surface area contributed by atoms with Crippen LogP contribution in [0.2, 0.25) is 0 Å². The van der Waals surface area contributed by atoms with Gasteiger partial charge < -0.3 is 14.6 Å². The van der Waals surface area contributed by atoms with Gasteiger partial charge in [-0.2, -0.15) is 5.10 Å². The summed E-state index contributed by atoms with van der Waals surface area (Å²) in [6, 6.07) is 10.2. The van der Waals surface area contributed by atoms with E-state index in [1.165, 1.54) is 0 Å². The molecule has 1 fully saturated rings. The highest BCUT2D eigenvalue weighted by atomic mass is 32.1. The van der Waals surface area contributed by atoms with Crippen molar-refractivity contribution in [1.82, 2.24) is 20.1 Å². The number of rotatable bonds is 6. The van der Waals surface area contributed by atoms with Crippen molar-refractivity contribution in [2.24, 2.45) is 5.92 Å². The first-order chi connectivity index (χ1) is 12.6. The highest BCUT2D eigenvalue weighted by molar-refractivity contribution is 7.71. The van der Waals surface area contributed by atoms with Crippen molar-refractivity contribution >= 4 is 18.1 Å². The van der Waals surface area contributed by atoms with Crippen LogP contribution in [0.3, 0.4) is 0 Å². The minimum atomic E-state index is -0.171. The largest absolute Gasteiger partial charge is 0.373 e. The summed E-state index contributed by atoms with van der Waals surface area (Å²) in [4.78, 5) is 12.7. The number of ether oxygens (including phenoxy) is 1.